The second kappa shape index (κ2) is 7.02. The van der Waals surface area contributed by atoms with Crippen LogP contribution in [0, 0.1) is 0 Å². The molecule has 1 N–H and O–H groups in total. The van der Waals surface area contributed by atoms with Crippen LogP contribution in [0.1, 0.15) is 54.0 Å². The van der Waals surface area contributed by atoms with E-state index < -0.39 is 11.7 Å². The Kier molecular flexibility index (Phi) is 5.64. The van der Waals surface area contributed by atoms with Gasteiger partial charge in [-0.1, -0.05) is 0 Å². The average molecular weight is 291 g/mol. The number of amides is 1. The monoisotopic (exact) mass is 291 g/mol. The van der Waals surface area contributed by atoms with Crippen molar-refractivity contribution in [2.24, 2.45) is 0 Å². The molecule has 0 radical (unpaired) electrons. The highest BCUT2D eigenvalue weighted by Gasteiger charge is 2.15. The predicted octanol–water partition coefficient (Wildman–Crippen LogP) is 2.77. The van der Waals surface area contributed by atoms with Crippen molar-refractivity contribution >= 4 is 18.2 Å². The number of carbonyl (C=O) groups is 3. The number of benzene rings is 1. The summed E-state index contributed by atoms with van der Waals surface area (Å²) >= 11 is 0. The van der Waals surface area contributed by atoms with Crippen LogP contribution in [0.4, 0.5) is 4.79 Å². The molecule has 114 valence electrons. The van der Waals surface area contributed by atoms with E-state index in [4.69, 9.17) is 4.74 Å². The van der Waals surface area contributed by atoms with E-state index in [1.165, 1.54) is 6.92 Å². The van der Waals surface area contributed by atoms with Gasteiger partial charge in [-0.25, -0.2) is 4.79 Å². The van der Waals surface area contributed by atoms with Crippen LogP contribution in [0.2, 0.25) is 0 Å². The molecule has 1 amide bonds. The zero-order chi connectivity index (χ0) is 16.0. The minimum Gasteiger partial charge on any atom is -0.444 e. The zero-order valence-electron chi connectivity index (χ0n) is 12.9. The minimum atomic E-state index is -0.538. The summed E-state index contributed by atoms with van der Waals surface area (Å²) in [4.78, 5) is 33.8. The lowest BCUT2D eigenvalue weighted by Crippen LogP contribution is -2.33. The molecule has 0 spiro atoms. The molecule has 5 nitrogen and oxygen atoms in total. The van der Waals surface area contributed by atoms with Crippen molar-refractivity contribution in [3.63, 3.8) is 0 Å². The van der Waals surface area contributed by atoms with Gasteiger partial charge in [0, 0.05) is 17.7 Å². The number of ketones is 1. The van der Waals surface area contributed by atoms with Gasteiger partial charge >= 0.3 is 6.09 Å². The van der Waals surface area contributed by atoms with Crippen molar-refractivity contribution < 1.29 is 19.1 Å². The van der Waals surface area contributed by atoms with Crippen LogP contribution in [0.5, 0.6) is 0 Å². The van der Waals surface area contributed by atoms with E-state index in [2.05, 4.69) is 5.32 Å². The van der Waals surface area contributed by atoms with Gasteiger partial charge in [0.1, 0.15) is 11.9 Å². The number of hydrogen-bond donors (Lipinski definition) is 1. The summed E-state index contributed by atoms with van der Waals surface area (Å²) in [6, 6.07) is 4.99. The van der Waals surface area contributed by atoms with Gasteiger partial charge in [-0.05, 0) is 57.9 Å². The fourth-order valence-corrected chi connectivity index (χ4v) is 1.76. The molecule has 5 heteroatoms. The Labute approximate surface area is 124 Å². The van der Waals surface area contributed by atoms with Gasteiger partial charge in [0.2, 0.25) is 0 Å². The first kappa shape index (κ1) is 16.9. The van der Waals surface area contributed by atoms with Crippen LogP contribution < -0.4 is 5.32 Å². The van der Waals surface area contributed by atoms with Crippen molar-refractivity contribution in [2.45, 2.75) is 39.7 Å². The summed E-state index contributed by atoms with van der Waals surface area (Å²) in [5, 5.41) is 2.64. The number of hydrogen-bond acceptors (Lipinski definition) is 4. The molecule has 0 aliphatic heterocycles. The van der Waals surface area contributed by atoms with Crippen LogP contribution in [0.25, 0.3) is 0 Å². The molecule has 21 heavy (non-hydrogen) atoms. The van der Waals surface area contributed by atoms with E-state index in [1.807, 2.05) is 0 Å². The Morgan fingerprint density at radius 1 is 1.24 bits per heavy atom. The van der Waals surface area contributed by atoms with Gasteiger partial charge in [0.05, 0.1) is 0 Å². The van der Waals surface area contributed by atoms with E-state index in [0.717, 1.165) is 5.56 Å². The fourth-order valence-electron chi connectivity index (χ4n) is 1.76. The van der Waals surface area contributed by atoms with Crippen molar-refractivity contribution in [1.82, 2.24) is 5.32 Å². The topological polar surface area (TPSA) is 72.5 Å². The van der Waals surface area contributed by atoms with Crippen LogP contribution >= 0.6 is 0 Å². The van der Waals surface area contributed by atoms with E-state index in [-0.39, 0.29) is 5.78 Å². The number of rotatable bonds is 5. The predicted molar refractivity (Wildman–Crippen MR) is 79.8 cm³/mol. The summed E-state index contributed by atoms with van der Waals surface area (Å²) in [5.74, 6) is -0.0972. The molecule has 0 unspecified atom stereocenters. The summed E-state index contributed by atoms with van der Waals surface area (Å²) in [5.41, 5.74) is 1.23. The van der Waals surface area contributed by atoms with Crippen LogP contribution in [-0.4, -0.2) is 30.3 Å². The maximum absolute atomic E-state index is 11.5. The molecule has 0 aliphatic rings. The van der Waals surface area contributed by atoms with Crippen LogP contribution in [-0.2, 0) is 11.2 Å². The number of alkyl carbamates (subject to hydrolysis) is 1. The second-order valence-electron chi connectivity index (χ2n) is 5.82. The largest absolute Gasteiger partial charge is 0.444 e. The Bertz CT molecular complexity index is 544. The molecule has 0 heterocycles. The van der Waals surface area contributed by atoms with Gasteiger partial charge in [-0.3, -0.25) is 9.59 Å². The molecule has 1 aromatic carbocycles. The molecule has 0 atom stereocenters. The first-order valence-electron chi connectivity index (χ1n) is 6.78. The third kappa shape index (κ3) is 6.21. The molecule has 1 rings (SSSR count). The summed E-state index contributed by atoms with van der Waals surface area (Å²) in [6.45, 7) is 7.19. The molecule has 0 aliphatic carbocycles. The number of Topliss-reactive ketones (excluding diaryl/α,β-unsaturated/α-hetero) is 1. The van der Waals surface area contributed by atoms with Crippen molar-refractivity contribution in [3.05, 3.63) is 34.9 Å². The van der Waals surface area contributed by atoms with E-state index in [9.17, 15) is 14.4 Å². The second-order valence-corrected chi connectivity index (χ2v) is 5.82. The molecule has 0 bridgehead atoms. The Morgan fingerprint density at radius 3 is 2.43 bits per heavy atom. The molecule has 0 saturated heterocycles. The average Bonchev–Trinajstić information content (AvgIpc) is 2.36. The Balaban J connectivity index is 2.63. The van der Waals surface area contributed by atoms with Gasteiger partial charge < -0.3 is 10.1 Å². The molecule has 0 saturated carbocycles. The molecular formula is C16H21NO4. The standard InChI is InChI=1S/C16H21NO4/c1-11(19)14-8-12(7-13(9-14)10-18)5-6-17-15(20)21-16(2,3)4/h7-10H,5-6H2,1-4H3,(H,17,20). The van der Waals surface area contributed by atoms with E-state index in [1.54, 1.807) is 39.0 Å². The zero-order valence-corrected chi connectivity index (χ0v) is 12.9. The first-order valence-corrected chi connectivity index (χ1v) is 6.78. The minimum absolute atomic E-state index is 0.0972. The van der Waals surface area contributed by atoms with E-state index in [0.29, 0.717) is 30.4 Å². The first-order chi connectivity index (χ1) is 9.71. The number of aldehydes is 1. The fraction of sp³-hybridized carbons (Fsp3) is 0.438. The highest BCUT2D eigenvalue weighted by Crippen LogP contribution is 2.11. The lowest BCUT2D eigenvalue weighted by molar-refractivity contribution is 0.0528. The maximum Gasteiger partial charge on any atom is 0.407 e. The molecule has 0 aromatic heterocycles. The van der Waals surface area contributed by atoms with Crippen molar-refractivity contribution in [2.75, 3.05) is 6.54 Å². The van der Waals surface area contributed by atoms with Crippen LogP contribution in [0.15, 0.2) is 18.2 Å². The quantitative estimate of drug-likeness (QED) is 0.669. The van der Waals surface area contributed by atoms with Crippen LogP contribution in [0.3, 0.4) is 0 Å². The van der Waals surface area contributed by atoms with E-state index >= 15 is 0 Å². The van der Waals surface area contributed by atoms with Gasteiger partial charge in [0.25, 0.3) is 0 Å². The normalized spacial score (nSPS) is 10.9. The summed E-state index contributed by atoms with van der Waals surface area (Å²) in [6.07, 6.45) is 0.735. The van der Waals surface area contributed by atoms with Gasteiger partial charge in [0.15, 0.2) is 5.78 Å². The Morgan fingerprint density at radius 2 is 1.90 bits per heavy atom. The third-order valence-corrected chi connectivity index (χ3v) is 2.64. The molecule has 1 aromatic rings. The lowest BCUT2D eigenvalue weighted by Gasteiger charge is -2.19. The number of ether oxygens (including phenoxy) is 1. The summed E-state index contributed by atoms with van der Waals surface area (Å²) < 4.78 is 5.12. The lowest BCUT2D eigenvalue weighted by atomic mass is 10.0. The van der Waals surface area contributed by atoms with Gasteiger partial charge in [-0.15, -0.1) is 0 Å². The van der Waals surface area contributed by atoms with Crippen molar-refractivity contribution in [1.29, 1.82) is 0 Å². The van der Waals surface area contributed by atoms with Crippen molar-refractivity contribution in [3.8, 4) is 0 Å². The maximum atomic E-state index is 11.5. The highest BCUT2D eigenvalue weighted by atomic mass is 16.6. The van der Waals surface area contributed by atoms with Gasteiger partial charge in [-0.2, -0.15) is 0 Å². The SMILES string of the molecule is CC(=O)c1cc(C=O)cc(CCNC(=O)OC(C)(C)C)c1. The summed E-state index contributed by atoms with van der Waals surface area (Å²) in [7, 11) is 0. The number of carbonyl (C=O) groups excluding carboxylic acids is 3. The molecule has 0 fully saturated rings. The Hall–Kier alpha value is -2.17. The number of nitrogens with one attached hydrogen (secondary N) is 1. The smallest absolute Gasteiger partial charge is 0.407 e. The molecular weight excluding hydrogens is 270 g/mol. The highest BCUT2D eigenvalue weighted by molar-refractivity contribution is 5.95. The third-order valence-electron chi connectivity index (χ3n) is 2.64.